The van der Waals surface area contributed by atoms with Crippen LogP contribution in [-0.2, 0) is 9.59 Å². The Balaban J connectivity index is 1.11. The molecule has 3 fully saturated rings. The fourth-order valence-electron chi connectivity index (χ4n) is 6.03. The number of nitrogens with zero attached hydrogens (tertiary/aromatic N) is 4. The summed E-state index contributed by atoms with van der Waals surface area (Å²) in [7, 11) is 3.11. The summed E-state index contributed by atoms with van der Waals surface area (Å²) in [5.74, 6) is 1.10. The van der Waals surface area contributed by atoms with E-state index in [1.807, 2.05) is 18.2 Å². The number of nitro groups is 1. The lowest BCUT2D eigenvalue weighted by atomic mass is 9.95. The number of methoxy groups -OCH3 is 2. The standard InChI is InChI=1S/C29H37BrN6O6/c1-41-26-15-20(31-22-4-6-28(37)32-29(22)38)3-5-23(26)35-13-11-33(12-14-35)18-19-7-9-34(10-8-19)24-17-27(42-2)25(36(39)40)16-21(24)30/h3,5,15-17,19,22,31H,4,6-14,18H2,1-2H3,(H,32,37,38). The maximum absolute atomic E-state index is 12.1. The fourth-order valence-corrected chi connectivity index (χ4v) is 6.62. The molecule has 2 aromatic carbocycles. The van der Waals surface area contributed by atoms with Gasteiger partial charge in [0, 0.05) is 80.6 Å². The third-order valence-corrected chi connectivity index (χ3v) is 9.02. The Morgan fingerprint density at radius 1 is 0.952 bits per heavy atom. The largest absolute Gasteiger partial charge is 0.495 e. The number of piperidine rings is 2. The summed E-state index contributed by atoms with van der Waals surface area (Å²) in [6, 6.07) is 8.75. The molecule has 2 amide bonds. The van der Waals surface area contributed by atoms with E-state index < -0.39 is 11.0 Å². The van der Waals surface area contributed by atoms with Crippen molar-refractivity contribution in [1.82, 2.24) is 10.2 Å². The molecule has 12 nitrogen and oxygen atoms in total. The second kappa shape index (κ2) is 13.2. The van der Waals surface area contributed by atoms with Crippen LogP contribution in [-0.4, -0.2) is 87.7 Å². The Kier molecular flexibility index (Phi) is 9.37. The van der Waals surface area contributed by atoms with E-state index in [-0.39, 0.29) is 23.3 Å². The van der Waals surface area contributed by atoms with Gasteiger partial charge in [-0.25, -0.2) is 0 Å². The number of piperazine rings is 1. The molecule has 1 unspecified atom stereocenters. The van der Waals surface area contributed by atoms with Gasteiger partial charge < -0.3 is 24.6 Å². The molecule has 3 heterocycles. The molecular formula is C29H37BrN6O6. The quantitative estimate of drug-likeness (QED) is 0.237. The molecule has 13 heteroatoms. The van der Waals surface area contributed by atoms with Crippen molar-refractivity contribution in [3.8, 4) is 11.5 Å². The highest BCUT2D eigenvalue weighted by Crippen LogP contribution is 2.39. The Hall–Kier alpha value is -3.58. The average molecular weight is 646 g/mol. The molecule has 2 aromatic rings. The molecule has 3 saturated heterocycles. The SMILES string of the molecule is COc1cc(NC2CCC(=O)NC2=O)ccc1N1CCN(CC2CCN(c3cc(OC)c([N+](=O)[O-])cc3Br)CC2)CC1. The maximum Gasteiger partial charge on any atom is 0.312 e. The highest BCUT2D eigenvalue weighted by Gasteiger charge is 2.29. The highest BCUT2D eigenvalue weighted by atomic mass is 79.9. The molecular weight excluding hydrogens is 608 g/mol. The minimum Gasteiger partial charge on any atom is -0.495 e. The second-order valence-electron chi connectivity index (χ2n) is 11.0. The lowest BCUT2D eigenvalue weighted by Gasteiger charge is -2.40. The predicted octanol–water partition coefficient (Wildman–Crippen LogP) is 3.63. The van der Waals surface area contributed by atoms with Crippen molar-refractivity contribution in [2.45, 2.75) is 31.7 Å². The van der Waals surface area contributed by atoms with Crippen LogP contribution in [0.15, 0.2) is 34.8 Å². The zero-order valence-corrected chi connectivity index (χ0v) is 25.5. The number of ether oxygens (including phenoxy) is 2. The molecule has 42 heavy (non-hydrogen) atoms. The van der Waals surface area contributed by atoms with Crippen LogP contribution < -0.4 is 29.9 Å². The summed E-state index contributed by atoms with van der Waals surface area (Å²) in [4.78, 5) is 41.6. The summed E-state index contributed by atoms with van der Waals surface area (Å²) < 4.78 is 11.7. The van der Waals surface area contributed by atoms with Crippen LogP contribution in [0.3, 0.4) is 0 Å². The van der Waals surface area contributed by atoms with E-state index in [0.717, 1.165) is 81.5 Å². The van der Waals surface area contributed by atoms with Crippen molar-refractivity contribution < 1.29 is 24.0 Å². The third kappa shape index (κ3) is 6.73. The number of rotatable bonds is 9. The van der Waals surface area contributed by atoms with Crippen molar-refractivity contribution >= 4 is 50.5 Å². The number of carbonyl (C=O) groups is 2. The van der Waals surface area contributed by atoms with E-state index in [0.29, 0.717) is 23.2 Å². The van der Waals surface area contributed by atoms with Gasteiger partial charge in [0.2, 0.25) is 11.8 Å². The van der Waals surface area contributed by atoms with Gasteiger partial charge in [-0.15, -0.1) is 0 Å². The van der Waals surface area contributed by atoms with Crippen LogP contribution in [0.25, 0.3) is 0 Å². The molecule has 0 spiro atoms. The number of imide groups is 1. The van der Waals surface area contributed by atoms with Crippen LogP contribution >= 0.6 is 15.9 Å². The van der Waals surface area contributed by atoms with E-state index >= 15 is 0 Å². The van der Waals surface area contributed by atoms with E-state index in [4.69, 9.17) is 9.47 Å². The molecule has 0 radical (unpaired) electrons. The summed E-state index contributed by atoms with van der Waals surface area (Å²) >= 11 is 3.52. The number of carbonyl (C=O) groups excluding carboxylic acids is 2. The van der Waals surface area contributed by atoms with Crippen LogP contribution in [0.1, 0.15) is 25.7 Å². The highest BCUT2D eigenvalue weighted by molar-refractivity contribution is 9.10. The van der Waals surface area contributed by atoms with Crippen LogP contribution in [0.5, 0.6) is 11.5 Å². The smallest absolute Gasteiger partial charge is 0.312 e. The number of hydrogen-bond acceptors (Lipinski definition) is 10. The van der Waals surface area contributed by atoms with E-state index in [9.17, 15) is 19.7 Å². The first-order valence-electron chi connectivity index (χ1n) is 14.3. The number of nitrogens with one attached hydrogen (secondary N) is 2. The third-order valence-electron chi connectivity index (χ3n) is 8.39. The first-order chi connectivity index (χ1) is 20.2. The molecule has 0 aromatic heterocycles. The zero-order chi connectivity index (χ0) is 29.8. The number of hydrogen-bond donors (Lipinski definition) is 2. The number of benzene rings is 2. The Morgan fingerprint density at radius 2 is 1.64 bits per heavy atom. The van der Waals surface area contributed by atoms with Gasteiger partial charge in [-0.3, -0.25) is 29.9 Å². The number of nitro benzene ring substituents is 1. The minimum atomic E-state index is -0.438. The molecule has 0 aliphatic carbocycles. The van der Waals surface area contributed by atoms with Crippen molar-refractivity contribution in [3.63, 3.8) is 0 Å². The van der Waals surface area contributed by atoms with Gasteiger partial charge in [-0.2, -0.15) is 0 Å². The van der Waals surface area contributed by atoms with Crippen molar-refractivity contribution in [1.29, 1.82) is 0 Å². The van der Waals surface area contributed by atoms with Gasteiger partial charge in [0.25, 0.3) is 0 Å². The molecule has 3 aliphatic rings. The Labute approximate surface area is 253 Å². The van der Waals surface area contributed by atoms with Crippen molar-refractivity contribution in [2.75, 3.05) is 75.1 Å². The Bertz CT molecular complexity index is 1330. The summed E-state index contributed by atoms with van der Waals surface area (Å²) in [5, 5.41) is 16.9. The molecule has 1 atom stereocenters. The lowest BCUT2D eigenvalue weighted by molar-refractivity contribution is -0.385. The van der Waals surface area contributed by atoms with Gasteiger partial charge in [-0.05, 0) is 53.2 Å². The van der Waals surface area contributed by atoms with Gasteiger partial charge in [-0.1, -0.05) is 0 Å². The van der Waals surface area contributed by atoms with Gasteiger partial charge >= 0.3 is 5.69 Å². The summed E-state index contributed by atoms with van der Waals surface area (Å²) in [6.45, 7) is 6.55. The van der Waals surface area contributed by atoms with Gasteiger partial charge in [0.1, 0.15) is 11.8 Å². The molecule has 5 rings (SSSR count). The Morgan fingerprint density at radius 3 is 2.29 bits per heavy atom. The van der Waals surface area contributed by atoms with E-state index in [1.165, 1.54) is 13.2 Å². The maximum atomic E-state index is 12.1. The summed E-state index contributed by atoms with van der Waals surface area (Å²) in [6.07, 6.45) is 2.91. The van der Waals surface area contributed by atoms with Gasteiger partial charge in [0.05, 0.1) is 30.5 Å². The molecule has 226 valence electrons. The molecule has 0 saturated carbocycles. The minimum absolute atomic E-state index is 0.0420. The van der Waals surface area contributed by atoms with Crippen LogP contribution in [0.4, 0.5) is 22.7 Å². The van der Waals surface area contributed by atoms with Crippen molar-refractivity contribution in [3.05, 3.63) is 44.9 Å². The lowest BCUT2D eigenvalue weighted by Crippen LogP contribution is -2.49. The number of halogens is 1. The van der Waals surface area contributed by atoms with Crippen LogP contribution in [0.2, 0.25) is 0 Å². The number of anilines is 3. The van der Waals surface area contributed by atoms with Crippen LogP contribution in [0, 0.1) is 16.0 Å². The normalized spacial score (nSPS) is 20.3. The second-order valence-corrected chi connectivity index (χ2v) is 11.8. The first kappa shape index (κ1) is 29.9. The van der Waals surface area contributed by atoms with E-state index in [2.05, 4.69) is 41.3 Å². The monoisotopic (exact) mass is 644 g/mol. The molecule has 3 aliphatic heterocycles. The number of amides is 2. The molecule has 2 N–H and O–H groups in total. The average Bonchev–Trinajstić information content (AvgIpc) is 2.99. The van der Waals surface area contributed by atoms with Crippen molar-refractivity contribution in [2.24, 2.45) is 5.92 Å². The van der Waals surface area contributed by atoms with Gasteiger partial charge in [0.15, 0.2) is 5.75 Å². The first-order valence-corrected chi connectivity index (χ1v) is 15.1. The summed E-state index contributed by atoms with van der Waals surface area (Å²) in [5.41, 5.74) is 2.70. The van der Waals surface area contributed by atoms with E-state index in [1.54, 1.807) is 13.2 Å². The zero-order valence-electron chi connectivity index (χ0n) is 23.9. The topological polar surface area (TPSA) is 130 Å². The predicted molar refractivity (Wildman–Crippen MR) is 164 cm³/mol. The fraction of sp³-hybridized carbons (Fsp3) is 0.517. The molecule has 0 bridgehead atoms.